The van der Waals surface area contributed by atoms with E-state index in [-0.39, 0.29) is 0 Å². The van der Waals surface area contributed by atoms with Gasteiger partial charge in [-0.15, -0.1) is 0 Å². The third-order valence-corrected chi connectivity index (χ3v) is 2.94. The van der Waals surface area contributed by atoms with Crippen molar-refractivity contribution in [2.24, 2.45) is 9.98 Å². The summed E-state index contributed by atoms with van der Waals surface area (Å²) in [5.41, 5.74) is 2.29. The van der Waals surface area contributed by atoms with E-state index in [0.717, 1.165) is 35.7 Å². The van der Waals surface area contributed by atoms with Gasteiger partial charge in [0.1, 0.15) is 0 Å². The van der Waals surface area contributed by atoms with Crippen LogP contribution in [0.1, 0.15) is 11.1 Å². The highest BCUT2D eigenvalue weighted by molar-refractivity contribution is 7.80. The highest BCUT2D eigenvalue weighted by Gasteiger charge is 1.82. The summed E-state index contributed by atoms with van der Waals surface area (Å²) in [6.45, 7) is 1.58. The lowest BCUT2D eigenvalue weighted by Gasteiger charge is -1.89. The fourth-order valence-corrected chi connectivity index (χ4v) is 1.76. The second-order valence-electron chi connectivity index (χ2n) is 4.34. The average molecular weight is 331 g/mol. The first kappa shape index (κ1) is 18.5. The van der Waals surface area contributed by atoms with Crippen molar-refractivity contribution < 1.29 is 0 Å². The van der Waals surface area contributed by atoms with Crippen molar-refractivity contribution in [1.82, 2.24) is 0 Å². The van der Waals surface area contributed by atoms with Crippen LogP contribution in [0.15, 0.2) is 70.6 Å². The molecule has 116 valence electrons. The van der Waals surface area contributed by atoms with E-state index in [4.69, 9.17) is 0 Å². The number of hydrogen-bond donors (Lipinski definition) is 2. The third kappa shape index (κ3) is 9.42. The van der Waals surface area contributed by atoms with Gasteiger partial charge < -0.3 is 0 Å². The van der Waals surface area contributed by atoms with Crippen molar-refractivity contribution in [2.45, 2.75) is 0 Å². The predicted octanol–water partition coefficient (Wildman–Crippen LogP) is 4.07. The summed E-state index contributed by atoms with van der Waals surface area (Å²) in [7, 11) is 0. The van der Waals surface area contributed by atoms with Crippen LogP contribution in [0.25, 0.3) is 0 Å². The van der Waals surface area contributed by atoms with E-state index in [0.29, 0.717) is 0 Å². The molecule has 0 amide bonds. The molecule has 2 rings (SSSR count). The van der Waals surface area contributed by atoms with Crippen molar-refractivity contribution in [3.8, 4) is 0 Å². The average Bonchev–Trinajstić information content (AvgIpc) is 2.58. The SMILES string of the molecule is SCCN=Cc1ccccc1.SCCN=Cc1ccccc1. The monoisotopic (exact) mass is 330 g/mol. The van der Waals surface area contributed by atoms with Gasteiger partial charge in [0.05, 0.1) is 0 Å². The van der Waals surface area contributed by atoms with Crippen LogP contribution < -0.4 is 0 Å². The number of aliphatic imine (C=N–C) groups is 2. The fourth-order valence-electron chi connectivity index (χ4n) is 1.53. The topological polar surface area (TPSA) is 24.7 Å². The fraction of sp³-hybridized carbons (Fsp3) is 0.222. The number of benzene rings is 2. The molecule has 2 nitrogen and oxygen atoms in total. The molecule has 0 atom stereocenters. The molecule has 0 aliphatic rings. The standard InChI is InChI=1S/2C9H11NS/c2*11-7-6-10-8-9-4-2-1-3-5-9/h2*1-5,8,11H,6-7H2. The minimum Gasteiger partial charge on any atom is -0.292 e. The Balaban J connectivity index is 0.000000220. The van der Waals surface area contributed by atoms with Crippen LogP contribution in [0.4, 0.5) is 0 Å². The Hall–Kier alpha value is -1.52. The van der Waals surface area contributed by atoms with Gasteiger partial charge in [-0.25, -0.2) is 0 Å². The molecular formula is C18H22N2S2. The smallest absolute Gasteiger partial charge is 0.0477 e. The Morgan fingerprint density at radius 3 is 1.32 bits per heavy atom. The van der Waals surface area contributed by atoms with Crippen molar-refractivity contribution >= 4 is 37.7 Å². The molecular weight excluding hydrogens is 308 g/mol. The van der Waals surface area contributed by atoms with E-state index in [1.54, 1.807) is 0 Å². The number of rotatable bonds is 6. The zero-order chi connectivity index (χ0) is 15.9. The Morgan fingerprint density at radius 1 is 0.636 bits per heavy atom. The molecule has 2 aromatic rings. The number of hydrogen-bond acceptors (Lipinski definition) is 4. The third-order valence-electron chi connectivity index (χ3n) is 2.54. The molecule has 0 N–H and O–H groups in total. The summed E-state index contributed by atoms with van der Waals surface area (Å²) in [6.07, 6.45) is 3.74. The van der Waals surface area contributed by atoms with Gasteiger partial charge in [-0.05, 0) is 11.1 Å². The molecule has 0 saturated heterocycles. The summed E-state index contributed by atoms with van der Waals surface area (Å²) in [6, 6.07) is 20.1. The quantitative estimate of drug-likeness (QED) is 0.589. The second kappa shape index (κ2) is 13.2. The molecule has 0 aliphatic carbocycles. The maximum atomic E-state index is 4.16. The lowest BCUT2D eigenvalue weighted by atomic mass is 10.2. The number of thiol groups is 2. The normalized spacial score (nSPS) is 10.6. The first-order valence-corrected chi connectivity index (χ1v) is 8.44. The summed E-state index contributed by atoms with van der Waals surface area (Å²) in [5, 5.41) is 0. The van der Waals surface area contributed by atoms with E-state index in [9.17, 15) is 0 Å². The molecule has 0 spiro atoms. The summed E-state index contributed by atoms with van der Waals surface area (Å²) in [5.74, 6) is 1.62. The first-order valence-electron chi connectivity index (χ1n) is 7.18. The summed E-state index contributed by atoms with van der Waals surface area (Å²) in [4.78, 5) is 8.32. The predicted molar refractivity (Wildman–Crippen MR) is 106 cm³/mol. The first-order chi connectivity index (χ1) is 10.9. The zero-order valence-corrected chi connectivity index (χ0v) is 14.3. The van der Waals surface area contributed by atoms with Gasteiger partial charge >= 0.3 is 0 Å². The van der Waals surface area contributed by atoms with Gasteiger partial charge in [-0.3, -0.25) is 9.98 Å². The molecule has 0 radical (unpaired) electrons. The molecule has 0 aliphatic heterocycles. The Kier molecular flexibility index (Phi) is 11.1. The van der Waals surface area contributed by atoms with E-state index in [1.165, 1.54) is 0 Å². The van der Waals surface area contributed by atoms with E-state index in [1.807, 2.05) is 73.1 Å². The molecule has 0 saturated carbocycles. The molecule has 4 heteroatoms. The second-order valence-corrected chi connectivity index (χ2v) is 5.23. The summed E-state index contributed by atoms with van der Waals surface area (Å²) >= 11 is 8.11. The van der Waals surface area contributed by atoms with Gasteiger partial charge in [0, 0.05) is 37.0 Å². The zero-order valence-electron chi connectivity index (χ0n) is 12.5. The Bertz CT molecular complexity index is 488. The van der Waals surface area contributed by atoms with Crippen molar-refractivity contribution in [1.29, 1.82) is 0 Å². The highest BCUT2D eigenvalue weighted by atomic mass is 32.1. The molecule has 2 aromatic carbocycles. The van der Waals surface area contributed by atoms with Crippen molar-refractivity contribution in [2.75, 3.05) is 24.6 Å². The molecule has 0 unspecified atom stereocenters. The summed E-state index contributed by atoms with van der Waals surface area (Å²) < 4.78 is 0. The van der Waals surface area contributed by atoms with Gasteiger partial charge in [0.15, 0.2) is 0 Å². The van der Waals surface area contributed by atoms with Crippen molar-refractivity contribution in [3.05, 3.63) is 71.8 Å². The van der Waals surface area contributed by atoms with Crippen LogP contribution in [-0.2, 0) is 0 Å². The maximum absolute atomic E-state index is 4.16. The van der Waals surface area contributed by atoms with Gasteiger partial charge in [-0.2, -0.15) is 25.3 Å². The van der Waals surface area contributed by atoms with Crippen molar-refractivity contribution in [3.63, 3.8) is 0 Å². The van der Waals surface area contributed by atoms with Crippen LogP contribution in [0, 0.1) is 0 Å². The Morgan fingerprint density at radius 2 is 1.00 bits per heavy atom. The van der Waals surface area contributed by atoms with Crippen LogP contribution in [0.5, 0.6) is 0 Å². The Labute approximate surface area is 144 Å². The van der Waals surface area contributed by atoms with Gasteiger partial charge in [-0.1, -0.05) is 60.7 Å². The molecule has 0 heterocycles. The molecule has 0 bridgehead atoms. The van der Waals surface area contributed by atoms with Crippen LogP contribution in [0.3, 0.4) is 0 Å². The van der Waals surface area contributed by atoms with Gasteiger partial charge in [0.2, 0.25) is 0 Å². The van der Waals surface area contributed by atoms with E-state index < -0.39 is 0 Å². The highest BCUT2D eigenvalue weighted by Crippen LogP contribution is 1.94. The molecule has 0 fully saturated rings. The maximum Gasteiger partial charge on any atom is 0.0477 e. The number of nitrogens with zero attached hydrogens (tertiary/aromatic N) is 2. The minimum absolute atomic E-state index is 0.790. The minimum atomic E-state index is 0.790. The van der Waals surface area contributed by atoms with Gasteiger partial charge in [0.25, 0.3) is 0 Å². The van der Waals surface area contributed by atoms with E-state index >= 15 is 0 Å². The lowest BCUT2D eigenvalue weighted by molar-refractivity contribution is 1.16. The van der Waals surface area contributed by atoms with Crippen LogP contribution in [-0.4, -0.2) is 37.0 Å². The lowest BCUT2D eigenvalue weighted by Crippen LogP contribution is -1.83. The largest absolute Gasteiger partial charge is 0.292 e. The van der Waals surface area contributed by atoms with E-state index in [2.05, 4.69) is 35.2 Å². The van der Waals surface area contributed by atoms with Crippen LogP contribution in [0.2, 0.25) is 0 Å². The molecule has 22 heavy (non-hydrogen) atoms. The molecule has 0 aromatic heterocycles. The van der Waals surface area contributed by atoms with Crippen LogP contribution >= 0.6 is 25.3 Å².